The highest BCUT2D eigenvalue weighted by Gasteiger charge is 2.23. The molecule has 0 aliphatic carbocycles. The monoisotopic (exact) mass is 390 g/mol. The molecule has 1 N–H and O–H groups in total. The van der Waals surface area contributed by atoms with Crippen molar-refractivity contribution < 1.29 is 22.5 Å². The molecule has 3 rings (SSSR count). The molecule has 2 aromatic rings. The minimum absolute atomic E-state index is 0.123. The summed E-state index contributed by atoms with van der Waals surface area (Å²) in [6.07, 6.45) is -0.123. The third-order valence-corrected chi connectivity index (χ3v) is 5.04. The summed E-state index contributed by atoms with van der Waals surface area (Å²) in [6.45, 7) is 4.84. The lowest BCUT2D eigenvalue weighted by molar-refractivity contribution is -0.144. The molecule has 1 aliphatic rings. The number of ether oxygens (including phenoxy) is 1. The number of carbonyl (C=O) groups is 1. The van der Waals surface area contributed by atoms with E-state index in [2.05, 4.69) is 19.3 Å². The Morgan fingerprint density at radius 3 is 2.67 bits per heavy atom. The summed E-state index contributed by atoms with van der Waals surface area (Å²) < 4.78 is 39.0. The number of benzene rings is 1. The predicted octanol–water partition coefficient (Wildman–Crippen LogP) is 2.06. The molecule has 0 saturated heterocycles. The molecule has 142 valence electrons. The molecule has 10 heteroatoms. The Kier molecular flexibility index (Phi) is 5.08. The second-order valence-electron chi connectivity index (χ2n) is 6.02. The van der Waals surface area contributed by atoms with Gasteiger partial charge in [0.1, 0.15) is 0 Å². The van der Waals surface area contributed by atoms with Gasteiger partial charge >= 0.3 is 16.2 Å². The molecule has 2 heterocycles. The first-order valence-corrected chi connectivity index (χ1v) is 9.53. The lowest BCUT2D eigenvalue weighted by Crippen LogP contribution is -2.28. The van der Waals surface area contributed by atoms with E-state index in [-0.39, 0.29) is 24.6 Å². The number of nitrogens with one attached hydrogen (secondary N) is 1. The van der Waals surface area contributed by atoms with Crippen molar-refractivity contribution in [2.24, 2.45) is 4.40 Å². The number of esters is 1. The number of hydrogen-bond acceptors (Lipinski definition) is 7. The standard InChI is InChI=1S/C17H18N4O5S/c1-10-6-4-5-7-13(10)17-18-15(26-19-17)9-25-16(22)8-14-11(2)20-27(23,24)21-12(14)3/h4-7,20H,8-9H2,1-3H3. The summed E-state index contributed by atoms with van der Waals surface area (Å²) in [5, 5.41) is 3.90. The van der Waals surface area contributed by atoms with Gasteiger partial charge in [0.2, 0.25) is 5.82 Å². The molecule has 0 radical (unpaired) electrons. The van der Waals surface area contributed by atoms with E-state index in [4.69, 9.17) is 9.26 Å². The molecule has 1 aromatic carbocycles. The smallest absolute Gasteiger partial charge is 0.342 e. The van der Waals surface area contributed by atoms with Gasteiger partial charge in [0, 0.05) is 16.8 Å². The van der Waals surface area contributed by atoms with Crippen molar-refractivity contribution in [1.29, 1.82) is 0 Å². The average molecular weight is 390 g/mol. The second-order valence-corrected chi connectivity index (χ2v) is 7.36. The van der Waals surface area contributed by atoms with Crippen molar-refractivity contribution in [1.82, 2.24) is 14.9 Å². The van der Waals surface area contributed by atoms with Gasteiger partial charge in [-0.25, -0.2) is 0 Å². The van der Waals surface area contributed by atoms with E-state index >= 15 is 0 Å². The average Bonchev–Trinajstić information content (AvgIpc) is 3.05. The van der Waals surface area contributed by atoms with E-state index in [9.17, 15) is 13.2 Å². The Bertz CT molecular complexity index is 1050. The first kappa shape index (κ1) is 18.8. The van der Waals surface area contributed by atoms with E-state index in [0.717, 1.165) is 11.1 Å². The number of carbonyl (C=O) groups excluding carboxylic acids is 1. The van der Waals surface area contributed by atoms with Gasteiger partial charge in [0.25, 0.3) is 5.89 Å². The third kappa shape index (κ3) is 4.40. The zero-order valence-corrected chi connectivity index (χ0v) is 15.8. The summed E-state index contributed by atoms with van der Waals surface area (Å²) in [5.74, 6) is 0.0278. The number of aryl methyl sites for hydroxylation is 1. The van der Waals surface area contributed by atoms with Crippen LogP contribution in [-0.4, -0.2) is 30.2 Å². The number of allylic oxidation sites excluding steroid dienone is 1. The van der Waals surface area contributed by atoms with Crippen LogP contribution < -0.4 is 4.72 Å². The molecule has 0 unspecified atom stereocenters. The van der Waals surface area contributed by atoms with Gasteiger partial charge in [0.05, 0.1) is 12.1 Å². The van der Waals surface area contributed by atoms with Crippen LogP contribution in [0.3, 0.4) is 0 Å². The van der Waals surface area contributed by atoms with Crippen molar-refractivity contribution in [3.63, 3.8) is 0 Å². The van der Waals surface area contributed by atoms with Crippen LogP contribution in [0, 0.1) is 6.92 Å². The quantitative estimate of drug-likeness (QED) is 0.775. The molecule has 27 heavy (non-hydrogen) atoms. The molecular weight excluding hydrogens is 372 g/mol. The normalized spacial score (nSPS) is 15.9. The van der Waals surface area contributed by atoms with Crippen molar-refractivity contribution in [3.05, 3.63) is 47.0 Å². The van der Waals surface area contributed by atoms with Crippen molar-refractivity contribution in [2.75, 3.05) is 0 Å². The molecule has 0 amide bonds. The van der Waals surface area contributed by atoms with Crippen LogP contribution in [-0.2, 0) is 26.3 Å². The number of aromatic nitrogens is 2. The van der Waals surface area contributed by atoms with Gasteiger partial charge < -0.3 is 9.26 Å². The molecule has 0 atom stereocenters. The van der Waals surface area contributed by atoms with Gasteiger partial charge in [-0.05, 0) is 26.3 Å². The zero-order valence-electron chi connectivity index (χ0n) is 15.0. The fourth-order valence-corrected chi connectivity index (χ4v) is 3.66. The highest BCUT2D eigenvalue weighted by molar-refractivity contribution is 7.88. The fraction of sp³-hybridized carbons (Fsp3) is 0.294. The minimum atomic E-state index is -3.74. The lowest BCUT2D eigenvalue weighted by Gasteiger charge is -2.17. The molecule has 0 bridgehead atoms. The number of nitrogens with zero attached hydrogens (tertiary/aromatic N) is 3. The highest BCUT2D eigenvalue weighted by Crippen LogP contribution is 2.20. The molecule has 0 spiro atoms. The zero-order chi connectivity index (χ0) is 19.6. The Morgan fingerprint density at radius 1 is 1.22 bits per heavy atom. The summed E-state index contributed by atoms with van der Waals surface area (Å²) in [6, 6.07) is 7.59. The summed E-state index contributed by atoms with van der Waals surface area (Å²) in [4.78, 5) is 16.3. The first-order chi connectivity index (χ1) is 12.7. The highest BCUT2D eigenvalue weighted by atomic mass is 32.2. The van der Waals surface area contributed by atoms with Gasteiger partial charge in [0.15, 0.2) is 6.61 Å². The van der Waals surface area contributed by atoms with E-state index in [1.54, 1.807) is 6.92 Å². The Labute approximate surface area is 156 Å². The maximum Gasteiger partial charge on any atom is 0.342 e. The Balaban J connectivity index is 1.62. The molecule has 1 aliphatic heterocycles. The van der Waals surface area contributed by atoms with E-state index in [1.807, 2.05) is 31.2 Å². The number of rotatable bonds is 5. The second kappa shape index (κ2) is 7.31. The van der Waals surface area contributed by atoms with Crippen LogP contribution in [0.5, 0.6) is 0 Å². The summed E-state index contributed by atoms with van der Waals surface area (Å²) in [7, 11) is -3.74. The topological polar surface area (TPSA) is 124 Å². The Morgan fingerprint density at radius 2 is 1.96 bits per heavy atom. The van der Waals surface area contributed by atoms with Crippen LogP contribution in [0.25, 0.3) is 11.4 Å². The molecular formula is C17H18N4O5S. The van der Waals surface area contributed by atoms with Crippen LogP contribution in [0.1, 0.15) is 31.7 Å². The van der Waals surface area contributed by atoms with Gasteiger partial charge in [-0.3, -0.25) is 9.52 Å². The van der Waals surface area contributed by atoms with Crippen LogP contribution in [0.4, 0.5) is 0 Å². The molecule has 1 aromatic heterocycles. The van der Waals surface area contributed by atoms with Crippen molar-refractivity contribution >= 4 is 21.9 Å². The summed E-state index contributed by atoms with van der Waals surface area (Å²) in [5.41, 5.74) is 2.91. The third-order valence-electron chi connectivity index (χ3n) is 3.96. The lowest BCUT2D eigenvalue weighted by atomic mass is 10.1. The molecule has 9 nitrogen and oxygen atoms in total. The first-order valence-electron chi connectivity index (χ1n) is 8.09. The fourth-order valence-electron chi connectivity index (χ4n) is 2.63. The predicted molar refractivity (Wildman–Crippen MR) is 96.7 cm³/mol. The summed E-state index contributed by atoms with van der Waals surface area (Å²) >= 11 is 0. The van der Waals surface area contributed by atoms with Gasteiger partial charge in [-0.2, -0.15) is 13.4 Å². The maximum absolute atomic E-state index is 12.1. The van der Waals surface area contributed by atoms with E-state index in [1.165, 1.54) is 6.92 Å². The number of hydrogen-bond donors (Lipinski definition) is 1. The van der Waals surface area contributed by atoms with Gasteiger partial charge in [-0.15, -0.1) is 4.40 Å². The van der Waals surface area contributed by atoms with Crippen LogP contribution in [0.2, 0.25) is 0 Å². The van der Waals surface area contributed by atoms with E-state index < -0.39 is 16.2 Å². The SMILES string of the molecule is CC1=NS(=O)(=O)NC(C)=C1CC(=O)OCc1nc(-c2ccccc2C)no1. The van der Waals surface area contributed by atoms with Crippen LogP contribution in [0.15, 0.2) is 44.5 Å². The minimum Gasteiger partial charge on any atom is -0.455 e. The van der Waals surface area contributed by atoms with Crippen molar-refractivity contribution in [2.45, 2.75) is 33.8 Å². The largest absolute Gasteiger partial charge is 0.455 e. The maximum atomic E-state index is 12.1. The van der Waals surface area contributed by atoms with Crippen molar-refractivity contribution in [3.8, 4) is 11.4 Å². The van der Waals surface area contributed by atoms with E-state index in [0.29, 0.717) is 17.1 Å². The van der Waals surface area contributed by atoms with Gasteiger partial charge in [-0.1, -0.05) is 29.4 Å². The molecule has 0 fully saturated rings. The van der Waals surface area contributed by atoms with Crippen LogP contribution >= 0.6 is 0 Å². The Hall–Kier alpha value is -3.01. The molecule has 0 saturated carbocycles.